The first-order valence-electron chi connectivity index (χ1n) is 7.76. The number of nitriles is 1. The molecule has 0 unspecified atom stereocenters. The summed E-state index contributed by atoms with van der Waals surface area (Å²) in [6, 6.07) is 14.4. The summed E-state index contributed by atoms with van der Waals surface area (Å²) < 4.78 is 1.05. The zero-order valence-corrected chi connectivity index (χ0v) is 16.0. The molecule has 0 radical (unpaired) electrons. The van der Waals surface area contributed by atoms with Crippen LogP contribution in [0.3, 0.4) is 0 Å². The second-order valence-electron chi connectivity index (χ2n) is 6.52. The Morgan fingerprint density at radius 1 is 1.00 bits per heavy atom. The van der Waals surface area contributed by atoms with Gasteiger partial charge in [-0.3, -0.25) is 9.59 Å². The summed E-state index contributed by atoms with van der Waals surface area (Å²) in [5.74, 6) is -1.26. The lowest BCUT2D eigenvalue weighted by molar-refractivity contribution is 0.00545. The van der Waals surface area contributed by atoms with Gasteiger partial charge in [0.1, 0.15) is 0 Å². The summed E-state index contributed by atoms with van der Waals surface area (Å²) in [5, 5.41) is 9.96. The summed E-state index contributed by atoms with van der Waals surface area (Å²) in [6.07, 6.45) is 0. The summed E-state index contributed by atoms with van der Waals surface area (Å²) in [6.45, 7) is 5.29. The van der Waals surface area contributed by atoms with Crippen molar-refractivity contribution < 1.29 is 9.59 Å². The Bertz CT molecular complexity index is 868. The van der Waals surface area contributed by atoms with Crippen molar-refractivity contribution in [1.82, 2.24) is 9.54 Å². The number of benzene rings is 2. The van der Waals surface area contributed by atoms with E-state index in [1.807, 2.05) is 6.07 Å². The molecule has 2 rings (SSSR count). The van der Waals surface area contributed by atoms with Crippen LogP contribution in [0.25, 0.3) is 0 Å². The predicted octanol–water partition coefficient (Wildman–Crippen LogP) is 4.66. The van der Waals surface area contributed by atoms with E-state index < -0.39 is 17.4 Å². The van der Waals surface area contributed by atoms with Crippen LogP contribution in [0.2, 0.25) is 5.02 Å². The molecule has 0 aromatic heterocycles. The first-order valence-corrected chi connectivity index (χ1v) is 8.48. The van der Waals surface area contributed by atoms with Crippen molar-refractivity contribution in [2.24, 2.45) is 0 Å². The normalized spacial score (nSPS) is 11.1. The Kier molecular flexibility index (Phi) is 6.04. The van der Waals surface area contributed by atoms with E-state index in [2.05, 4.69) is 0 Å². The van der Waals surface area contributed by atoms with Crippen LogP contribution in [-0.2, 0) is 0 Å². The third kappa shape index (κ3) is 4.23. The summed E-state index contributed by atoms with van der Waals surface area (Å²) in [7, 11) is 0. The molecule has 2 aromatic carbocycles. The van der Waals surface area contributed by atoms with Crippen molar-refractivity contribution in [3.8, 4) is 6.07 Å². The lowest BCUT2D eigenvalue weighted by Crippen LogP contribution is -2.53. The van der Waals surface area contributed by atoms with Gasteiger partial charge in [-0.25, -0.2) is 0 Å². The van der Waals surface area contributed by atoms with E-state index in [0.717, 1.165) is 9.54 Å². The maximum Gasteiger partial charge on any atom is 0.278 e. The van der Waals surface area contributed by atoms with Crippen LogP contribution in [0.4, 0.5) is 0 Å². The zero-order valence-electron chi connectivity index (χ0n) is 14.5. The minimum Gasteiger partial charge on any atom is -0.267 e. The fourth-order valence-electron chi connectivity index (χ4n) is 2.11. The molecule has 0 aliphatic carbocycles. The molecular formula is C19H17Cl2N3O2. The van der Waals surface area contributed by atoms with Crippen molar-refractivity contribution >= 4 is 35.2 Å². The molecule has 0 aliphatic rings. The highest BCUT2D eigenvalue weighted by Gasteiger charge is 2.36. The van der Waals surface area contributed by atoms with E-state index in [-0.39, 0.29) is 16.1 Å². The monoisotopic (exact) mass is 389 g/mol. The summed E-state index contributed by atoms with van der Waals surface area (Å²) in [4.78, 5) is 26.0. The van der Waals surface area contributed by atoms with E-state index in [9.17, 15) is 9.59 Å². The van der Waals surface area contributed by atoms with Gasteiger partial charge in [-0.05, 0) is 57.2 Å². The Hall–Kier alpha value is -2.39. The first-order chi connectivity index (χ1) is 12.2. The fraction of sp³-hybridized carbons (Fsp3) is 0.211. The fourth-order valence-corrected chi connectivity index (χ4v) is 2.46. The van der Waals surface area contributed by atoms with Crippen molar-refractivity contribution in [2.45, 2.75) is 26.3 Å². The summed E-state index contributed by atoms with van der Waals surface area (Å²) >= 11 is 12.5. The number of hydrazine groups is 1. The number of imide groups is 1. The predicted molar refractivity (Wildman–Crippen MR) is 101 cm³/mol. The largest absolute Gasteiger partial charge is 0.278 e. The molecule has 0 saturated carbocycles. The van der Waals surface area contributed by atoms with Crippen molar-refractivity contribution in [3.05, 3.63) is 70.2 Å². The van der Waals surface area contributed by atoms with Gasteiger partial charge < -0.3 is 0 Å². The van der Waals surface area contributed by atoms with E-state index in [0.29, 0.717) is 5.56 Å². The van der Waals surface area contributed by atoms with Crippen molar-refractivity contribution in [2.75, 3.05) is 0 Å². The van der Waals surface area contributed by atoms with Crippen LogP contribution >= 0.6 is 23.4 Å². The molecule has 5 nitrogen and oxygen atoms in total. The number of rotatable bonds is 3. The SMILES string of the molecule is CC(C)(C)N(Cl)N(C(=O)c1ccc(C#N)cc1)C(=O)c1ccccc1Cl. The number of hydrogen-bond acceptors (Lipinski definition) is 4. The first kappa shape index (κ1) is 19.9. The maximum absolute atomic E-state index is 13.0. The topological polar surface area (TPSA) is 64.4 Å². The van der Waals surface area contributed by atoms with Gasteiger partial charge in [0, 0.05) is 22.9 Å². The zero-order chi connectivity index (χ0) is 19.5. The molecule has 0 heterocycles. The van der Waals surface area contributed by atoms with Gasteiger partial charge in [-0.2, -0.15) is 10.3 Å². The van der Waals surface area contributed by atoms with E-state index in [4.69, 9.17) is 28.6 Å². The second kappa shape index (κ2) is 7.88. The Balaban J connectivity index is 2.50. The van der Waals surface area contributed by atoms with Crippen molar-refractivity contribution in [1.29, 1.82) is 5.26 Å². The van der Waals surface area contributed by atoms with Crippen LogP contribution in [0.5, 0.6) is 0 Å². The number of hydrogen-bond donors (Lipinski definition) is 0. The van der Waals surface area contributed by atoms with Crippen LogP contribution in [0, 0.1) is 11.3 Å². The van der Waals surface area contributed by atoms with E-state index in [1.165, 1.54) is 30.3 Å². The average Bonchev–Trinajstić information content (AvgIpc) is 2.61. The Morgan fingerprint density at radius 2 is 1.58 bits per heavy atom. The number of nitrogens with zero attached hydrogens (tertiary/aromatic N) is 3. The molecular weight excluding hydrogens is 373 g/mol. The molecule has 0 saturated heterocycles. The smallest absolute Gasteiger partial charge is 0.267 e. The molecule has 26 heavy (non-hydrogen) atoms. The second-order valence-corrected chi connectivity index (χ2v) is 7.25. The van der Waals surface area contributed by atoms with Gasteiger partial charge in [0.05, 0.1) is 22.2 Å². The quantitative estimate of drug-likeness (QED) is 0.434. The van der Waals surface area contributed by atoms with Gasteiger partial charge in [0.15, 0.2) is 0 Å². The molecule has 7 heteroatoms. The maximum atomic E-state index is 13.0. The van der Waals surface area contributed by atoms with E-state index in [1.54, 1.807) is 39.0 Å². The standard InChI is InChI=1S/C19H17Cl2N3O2/c1-19(2,3)24(21)23(18(26)15-6-4-5-7-16(15)20)17(25)14-10-8-13(12-22)9-11-14/h4-11H,1-3H3. The van der Waals surface area contributed by atoms with Crippen LogP contribution in [-0.4, -0.2) is 26.9 Å². The minimum absolute atomic E-state index is 0.158. The average molecular weight is 390 g/mol. The third-order valence-corrected chi connectivity index (χ3v) is 4.47. The summed E-state index contributed by atoms with van der Waals surface area (Å²) in [5.41, 5.74) is 0.0650. The molecule has 0 atom stereocenters. The van der Waals surface area contributed by atoms with Gasteiger partial charge >= 0.3 is 0 Å². The van der Waals surface area contributed by atoms with E-state index >= 15 is 0 Å². The molecule has 134 valence electrons. The highest BCUT2D eigenvalue weighted by atomic mass is 35.5. The van der Waals surface area contributed by atoms with Crippen LogP contribution < -0.4 is 0 Å². The molecule has 2 aromatic rings. The van der Waals surface area contributed by atoms with Crippen LogP contribution in [0.1, 0.15) is 47.1 Å². The third-order valence-electron chi connectivity index (χ3n) is 3.48. The molecule has 0 spiro atoms. The lowest BCUT2D eigenvalue weighted by Gasteiger charge is -2.36. The molecule has 0 N–H and O–H groups in total. The number of amides is 2. The highest BCUT2D eigenvalue weighted by Crippen LogP contribution is 2.26. The number of carbonyl (C=O) groups excluding carboxylic acids is 2. The Morgan fingerprint density at radius 3 is 2.08 bits per heavy atom. The number of halogens is 2. The van der Waals surface area contributed by atoms with Gasteiger partial charge in [0.2, 0.25) is 0 Å². The van der Waals surface area contributed by atoms with Gasteiger partial charge in [-0.1, -0.05) is 23.7 Å². The Labute approximate surface area is 162 Å². The minimum atomic E-state index is -0.722. The molecule has 2 amide bonds. The molecule has 0 aliphatic heterocycles. The van der Waals surface area contributed by atoms with Crippen molar-refractivity contribution in [3.63, 3.8) is 0 Å². The van der Waals surface area contributed by atoms with Gasteiger partial charge in [0.25, 0.3) is 11.8 Å². The number of carbonyl (C=O) groups is 2. The van der Waals surface area contributed by atoms with Crippen LogP contribution in [0.15, 0.2) is 48.5 Å². The highest BCUT2D eigenvalue weighted by molar-refractivity contribution is 6.34. The lowest BCUT2D eigenvalue weighted by atomic mass is 10.1. The molecule has 0 bridgehead atoms. The molecule has 0 fully saturated rings. The van der Waals surface area contributed by atoms with Gasteiger partial charge in [-0.15, -0.1) is 4.53 Å².